The minimum Gasteiger partial charge on any atom is -0.358 e. The molecule has 29 heavy (non-hydrogen) atoms. The van der Waals surface area contributed by atoms with E-state index in [2.05, 4.69) is 15.5 Å². The Bertz CT molecular complexity index is 1060. The number of carbonyl (C=O) groups excluding carboxylic acids is 1. The molecule has 0 aliphatic rings. The molecule has 0 spiro atoms. The van der Waals surface area contributed by atoms with Gasteiger partial charge in [0, 0.05) is 33.8 Å². The Balaban J connectivity index is 1.63. The second kappa shape index (κ2) is 8.62. The van der Waals surface area contributed by atoms with E-state index in [1.165, 1.54) is 10.7 Å². The Morgan fingerprint density at radius 3 is 2.41 bits per heavy atom. The van der Waals surface area contributed by atoms with E-state index in [0.29, 0.717) is 28.1 Å². The molecule has 0 fully saturated rings. The number of aryl methyl sites for hydroxylation is 3. The van der Waals surface area contributed by atoms with Crippen LogP contribution in [0.1, 0.15) is 23.4 Å². The van der Waals surface area contributed by atoms with Crippen LogP contribution in [-0.2, 0) is 17.9 Å². The monoisotopic (exact) mass is 436 g/mol. The van der Waals surface area contributed by atoms with Gasteiger partial charge >= 0.3 is 5.82 Å². The van der Waals surface area contributed by atoms with E-state index in [4.69, 9.17) is 23.2 Å². The molecule has 1 N–H and O–H groups in total. The first kappa shape index (κ1) is 20.8. The maximum atomic E-state index is 12.2. The third kappa shape index (κ3) is 4.93. The number of hydrogen-bond acceptors (Lipinski definition) is 5. The number of amides is 1. The number of nitrogens with zero attached hydrogens (tertiary/aromatic N) is 5. The van der Waals surface area contributed by atoms with E-state index in [1.807, 2.05) is 6.92 Å². The fourth-order valence-electron chi connectivity index (χ4n) is 2.79. The minimum absolute atomic E-state index is 0.0991. The van der Waals surface area contributed by atoms with Gasteiger partial charge in [-0.3, -0.25) is 9.48 Å². The lowest BCUT2D eigenvalue weighted by atomic mass is 10.2. The maximum Gasteiger partial charge on any atom is 0.390 e. The van der Waals surface area contributed by atoms with Gasteiger partial charge in [-0.1, -0.05) is 29.3 Å². The number of carbonyl (C=O) groups is 1. The van der Waals surface area contributed by atoms with E-state index < -0.39 is 4.92 Å². The highest BCUT2D eigenvalue weighted by molar-refractivity contribution is 6.35. The molecule has 11 heteroatoms. The van der Waals surface area contributed by atoms with Crippen molar-refractivity contribution in [2.75, 3.05) is 5.32 Å². The van der Waals surface area contributed by atoms with Crippen LogP contribution < -0.4 is 5.32 Å². The van der Waals surface area contributed by atoms with E-state index in [9.17, 15) is 14.9 Å². The van der Waals surface area contributed by atoms with Crippen molar-refractivity contribution in [1.29, 1.82) is 0 Å². The fraction of sp³-hybridized carbons (Fsp3) is 0.278. The second-order valence-corrected chi connectivity index (χ2v) is 7.27. The largest absolute Gasteiger partial charge is 0.390 e. The van der Waals surface area contributed by atoms with Crippen LogP contribution >= 0.6 is 23.2 Å². The van der Waals surface area contributed by atoms with Crippen molar-refractivity contribution in [1.82, 2.24) is 19.6 Å². The van der Waals surface area contributed by atoms with Crippen molar-refractivity contribution in [3.8, 4) is 0 Å². The summed E-state index contributed by atoms with van der Waals surface area (Å²) in [4.78, 5) is 22.5. The number of aromatic nitrogens is 4. The van der Waals surface area contributed by atoms with Crippen LogP contribution in [-0.4, -0.2) is 30.4 Å². The van der Waals surface area contributed by atoms with Crippen molar-refractivity contribution in [2.45, 2.75) is 33.4 Å². The van der Waals surface area contributed by atoms with Gasteiger partial charge in [0.2, 0.25) is 5.91 Å². The molecule has 0 bridgehead atoms. The van der Waals surface area contributed by atoms with Crippen LogP contribution in [0.15, 0.2) is 30.3 Å². The molecule has 0 unspecified atom stereocenters. The van der Waals surface area contributed by atoms with Gasteiger partial charge in [-0.25, -0.2) is 0 Å². The Kier molecular flexibility index (Phi) is 6.19. The van der Waals surface area contributed by atoms with Gasteiger partial charge in [-0.05, 0) is 30.9 Å². The molecule has 0 radical (unpaired) electrons. The number of nitro groups is 1. The molecule has 2 aromatic heterocycles. The number of hydrogen-bond donors (Lipinski definition) is 1. The average Bonchev–Trinajstić information content (AvgIpc) is 3.19. The van der Waals surface area contributed by atoms with Crippen molar-refractivity contribution < 1.29 is 9.72 Å². The van der Waals surface area contributed by atoms with Crippen LogP contribution in [0.25, 0.3) is 0 Å². The maximum absolute atomic E-state index is 12.2. The van der Waals surface area contributed by atoms with Gasteiger partial charge in [0.25, 0.3) is 0 Å². The molecule has 0 aliphatic carbocycles. The number of anilines is 1. The summed E-state index contributed by atoms with van der Waals surface area (Å²) in [6, 6.07) is 8.39. The predicted octanol–water partition coefficient (Wildman–Crippen LogP) is 3.99. The summed E-state index contributed by atoms with van der Waals surface area (Å²) >= 11 is 12.4. The lowest BCUT2D eigenvalue weighted by Crippen LogP contribution is -2.16. The molecule has 1 amide bonds. The molecule has 2 heterocycles. The van der Waals surface area contributed by atoms with Crippen LogP contribution in [0.5, 0.6) is 0 Å². The molecule has 1 aromatic carbocycles. The zero-order valence-electron chi connectivity index (χ0n) is 15.7. The zero-order valence-corrected chi connectivity index (χ0v) is 17.2. The topological polar surface area (TPSA) is 108 Å². The highest BCUT2D eigenvalue weighted by Gasteiger charge is 2.17. The minimum atomic E-state index is -0.565. The van der Waals surface area contributed by atoms with Crippen LogP contribution in [0.2, 0.25) is 10.0 Å². The first-order valence-corrected chi connectivity index (χ1v) is 9.46. The third-order valence-corrected chi connectivity index (χ3v) is 5.03. The normalized spacial score (nSPS) is 10.9. The number of benzene rings is 1. The van der Waals surface area contributed by atoms with E-state index >= 15 is 0 Å². The number of nitrogens with one attached hydrogen (secondary N) is 1. The Labute approximate surface area is 176 Å². The Morgan fingerprint density at radius 2 is 1.79 bits per heavy atom. The molecular weight excluding hydrogens is 419 g/mol. The van der Waals surface area contributed by atoms with Gasteiger partial charge < -0.3 is 15.4 Å². The lowest BCUT2D eigenvalue weighted by Gasteiger charge is -2.08. The smallest absolute Gasteiger partial charge is 0.358 e. The van der Waals surface area contributed by atoms with E-state index in [0.717, 1.165) is 11.3 Å². The van der Waals surface area contributed by atoms with E-state index in [-0.39, 0.29) is 24.7 Å². The number of rotatable bonds is 7. The van der Waals surface area contributed by atoms with Crippen LogP contribution in [0, 0.1) is 24.0 Å². The van der Waals surface area contributed by atoms with E-state index in [1.54, 1.807) is 35.9 Å². The predicted molar refractivity (Wildman–Crippen MR) is 109 cm³/mol. The van der Waals surface area contributed by atoms with Gasteiger partial charge in [0.15, 0.2) is 5.82 Å². The first-order valence-electron chi connectivity index (χ1n) is 8.70. The third-order valence-electron chi connectivity index (χ3n) is 4.32. The second-order valence-electron chi connectivity index (χ2n) is 6.45. The van der Waals surface area contributed by atoms with Gasteiger partial charge in [0.1, 0.15) is 0 Å². The molecule has 0 atom stereocenters. The fourth-order valence-corrected chi connectivity index (χ4v) is 3.30. The van der Waals surface area contributed by atoms with Crippen molar-refractivity contribution in [3.05, 3.63) is 67.4 Å². The molecular formula is C18H18Cl2N6O3. The lowest BCUT2D eigenvalue weighted by molar-refractivity contribution is -0.389. The summed E-state index contributed by atoms with van der Waals surface area (Å²) in [6.45, 7) is 4.15. The summed E-state index contributed by atoms with van der Waals surface area (Å²) in [5, 5.41) is 22.8. The standard InChI is InChI=1S/C18H18Cl2N6O3/c1-11-8-16(22-25(11)10-13-14(19)4-3-5-15(13)20)21-18(27)6-7-24-12(2)9-17(23-24)26(28)29/h3-5,8-9H,6-7,10H2,1-2H3,(H,21,22,27). The summed E-state index contributed by atoms with van der Waals surface area (Å²) in [5.74, 6) is -0.114. The first-order chi connectivity index (χ1) is 13.7. The molecule has 0 saturated heterocycles. The van der Waals surface area contributed by atoms with Gasteiger partial charge in [-0.2, -0.15) is 9.78 Å². The SMILES string of the molecule is Cc1cc(NC(=O)CCn2nc([N+](=O)[O-])cc2C)nn1Cc1c(Cl)cccc1Cl. The quantitative estimate of drug-likeness (QED) is 0.444. The zero-order chi connectivity index (χ0) is 21.1. The van der Waals surface area contributed by atoms with Crippen molar-refractivity contribution in [3.63, 3.8) is 0 Å². The highest BCUT2D eigenvalue weighted by Crippen LogP contribution is 2.25. The molecule has 9 nitrogen and oxygen atoms in total. The van der Waals surface area contributed by atoms with Gasteiger partial charge in [0.05, 0.1) is 29.9 Å². The number of halogens is 2. The molecule has 3 aromatic rings. The summed E-state index contributed by atoms with van der Waals surface area (Å²) in [6.07, 6.45) is 0.0991. The molecule has 152 valence electrons. The summed E-state index contributed by atoms with van der Waals surface area (Å²) in [7, 11) is 0. The highest BCUT2D eigenvalue weighted by atomic mass is 35.5. The van der Waals surface area contributed by atoms with Gasteiger partial charge in [-0.15, -0.1) is 0 Å². The van der Waals surface area contributed by atoms with Crippen molar-refractivity contribution >= 4 is 40.7 Å². The molecule has 0 saturated carbocycles. The van der Waals surface area contributed by atoms with Crippen LogP contribution in [0.3, 0.4) is 0 Å². The average molecular weight is 437 g/mol. The summed E-state index contributed by atoms with van der Waals surface area (Å²) < 4.78 is 3.13. The molecule has 0 aliphatic heterocycles. The van der Waals surface area contributed by atoms with Crippen molar-refractivity contribution in [2.24, 2.45) is 0 Å². The Hall–Kier alpha value is -2.91. The van der Waals surface area contributed by atoms with Crippen LogP contribution in [0.4, 0.5) is 11.6 Å². The molecule has 3 rings (SSSR count). The summed E-state index contributed by atoms with van der Waals surface area (Å²) in [5.41, 5.74) is 2.19. The Morgan fingerprint density at radius 1 is 1.14 bits per heavy atom.